The Bertz CT molecular complexity index is 231. The number of aryl methyl sites for hydroxylation is 1. The Morgan fingerprint density at radius 1 is 1.23 bits per heavy atom. The SMILES string of the molecule is CCCCCCn1c(C)ccc1N. The molecule has 0 saturated heterocycles. The van der Waals surface area contributed by atoms with Crippen molar-refractivity contribution in [2.24, 2.45) is 0 Å². The number of hydrogen-bond donors (Lipinski definition) is 1. The van der Waals surface area contributed by atoms with E-state index in [9.17, 15) is 0 Å². The fraction of sp³-hybridized carbons (Fsp3) is 0.636. The van der Waals surface area contributed by atoms with Crippen LogP contribution in [0.3, 0.4) is 0 Å². The van der Waals surface area contributed by atoms with Gasteiger partial charge in [-0.3, -0.25) is 0 Å². The van der Waals surface area contributed by atoms with E-state index in [0.29, 0.717) is 0 Å². The zero-order valence-electron chi connectivity index (χ0n) is 8.71. The second kappa shape index (κ2) is 4.95. The third-order valence-corrected chi connectivity index (χ3v) is 2.47. The highest BCUT2D eigenvalue weighted by molar-refractivity contribution is 5.33. The van der Waals surface area contributed by atoms with Crippen molar-refractivity contribution in [3.63, 3.8) is 0 Å². The number of unbranched alkanes of at least 4 members (excludes halogenated alkanes) is 3. The van der Waals surface area contributed by atoms with Gasteiger partial charge in [0.2, 0.25) is 0 Å². The molecule has 0 aromatic carbocycles. The Kier molecular flexibility index (Phi) is 3.87. The molecule has 0 aliphatic carbocycles. The lowest BCUT2D eigenvalue weighted by Gasteiger charge is -2.07. The highest BCUT2D eigenvalue weighted by Crippen LogP contribution is 2.12. The predicted octanol–water partition coefficient (Wildman–Crippen LogP) is 2.96. The van der Waals surface area contributed by atoms with Gasteiger partial charge in [0.25, 0.3) is 0 Å². The van der Waals surface area contributed by atoms with Gasteiger partial charge >= 0.3 is 0 Å². The van der Waals surface area contributed by atoms with Crippen molar-refractivity contribution < 1.29 is 0 Å². The summed E-state index contributed by atoms with van der Waals surface area (Å²) in [4.78, 5) is 0. The second-order valence-electron chi connectivity index (χ2n) is 3.61. The Morgan fingerprint density at radius 3 is 2.54 bits per heavy atom. The number of nitrogens with zero attached hydrogens (tertiary/aromatic N) is 1. The van der Waals surface area contributed by atoms with Crippen molar-refractivity contribution >= 4 is 5.82 Å². The summed E-state index contributed by atoms with van der Waals surface area (Å²) in [5.41, 5.74) is 7.09. The minimum Gasteiger partial charge on any atom is -0.385 e. The molecule has 1 aromatic rings. The van der Waals surface area contributed by atoms with Crippen molar-refractivity contribution in [1.82, 2.24) is 4.57 Å². The second-order valence-corrected chi connectivity index (χ2v) is 3.61. The van der Waals surface area contributed by atoms with Gasteiger partial charge in [0, 0.05) is 12.2 Å². The molecule has 2 heteroatoms. The fourth-order valence-corrected chi connectivity index (χ4v) is 1.59. The molecular weight excluding hydrogens is 160 g/mol. The van der Waals surface area contributed by atoms with E-state index in [1.165, 1.54) is 31.4 Å². The summed E-state index contributed by atoms with van der Waals surface area (Å²) in [7, 11) is 0. The maximum Gasteiger partial charge on any atom is 0.103 e. The summed E-state index contributed by atoms with van der Waals surface area (Å²) in [5.74, 6) is 0.897. The van der Waals surface area contributed by atoms with E-state index in [1.807, 2.05) is 6.07 Å². The molecule has 0 amide bonds. The van der Waals surface area contributed by atoms with Crippen LogP contribution in [-0.2, 0) is 6.54 Å². The largest absolute Gasteiger partial charge is 0.385 e. The molecule has 1 rings (SSSR count). The smallest absolute Gasteiger partial charge is 0.103 e. The summed E-state index contributed by atoms with van der Waals surface area (Å²) in [6.07, 6.45) is 5.18. The van der Waals surface area contributed by atoms with Crippen molar-refractivity contribution in [3.8, 4) is 0 Å². The first-order chi connectivity index (χ1) is 6.25. The molecule has 0 spiro atoms. The minimum atomic E-state index is 0.897. The highest BCUT2D eigenvalue weighted by atomic mass is 15.0. The van der Waals surface area contributed by atoms with E-state index in [0.717, 1.165) is 12.4 Å². The van der Waals surface area contributed by atoms with Gasteiger partial charge in [0.05, 0.1) is 0 Å². The summed E-state index contributed by atoms with van der Waals surface area (Å²) in [5, 5.41) is 0. The Morgan fingerprint density at radius 2 is 2.00 bits per heavy atom. The number of rotatable bonds is 5. The van der Waals surface area contributed by atoms with Crippen molar-refractivity contribution in [1.29, 1.82) is 0 Å². The van der Waals surface area contributed by atoms with E-state index in [1.54, 1.807) is 0 Å². The van der Waals surface area contributed by atoms with Crippen LogP contribution < -0.4 is 5.73 Å². The van der Waals surface area contributed by atoms with Gasteiger partial charge in [-0.2, -0.15) is 0 Å². The number of anilines is 1. The van der Waals surface area contributed by atoms with E-state index >= 15 is 0 Å². The molecule has 0 unspecified atom stereocenters. The average Bonchev–Trinajstić information content (AvgIpc) is 2.42. The van der Waals surface area contributed by atoms with Crippen LogP contribution in [-0.4, -0.2) is 4.57 Å². The Hall–Kier alpha value is -0.920. The van der Waals surface area contributed by atoms with E-state index in [-0.39, 0.29) is 0 Å². The van der Waals surface area contributed by atoms with Crippen LogP contribution in [0.5, 0.6) is 0 Å². The molecule has 0 saturated carbocycles. The standard InChI is InChI=1S/C11H20N2/c1-3-4-5-6-9-13-10(2)7-8-11(13)12/h7-8H,3-6,9,12H2,1-2H3. The number of nitrogens with two attached hydrogens (primary N) is 1. The summed E-state index contributed by atoms with van der Waals surface area (Å²) < 4.78 is 2.19. The van der Waals surface area contributed by atoms with Crippen LogP contribution >= 0.6 is 0 Å². The topological polar surface area (TPSA) is 30.9 Å². The van der Waals surface area contributed by atoms with Crippen LogP contribution in [0, 0.1) is 6.92 Å². The van der Waals surface area contributed by atoms with Gasteiger partial charge in [0.1, 0.15) is 5.82 Å². The molecule has 0 bridgehead atoms. The third-order valence-electron chi connectivity index (χ3n) is 2.47. The Labute approximate surface area is 80.7 Å². The van der Waals surface area contributed by atoms with Crippen molar-refractivity contribution in [3.05, 3.63) is 17.8 Å². The first kappa shape index (κ1) is 10.2. The van der Waals surface area contributed by atoms with Gasteiger partial charge in [-0.1, -0.05) is 26.2 Å². The van der Waals surface area contributed by atoms with Crippen LogP contribution in [0.15, 0.2) is 12.1 Å². The van der Waals surface area contributed by atoms with Gasteiger partial charge in [-0.25, -0.2) is 0 Å². The van der Waals surface area contributed by atoms with Gasteiger partial charge in [0.15, 0.2) is 0 Å². The van der Waals surface area contributed by atoms with Crippen LogP contribution in [0.1, 0.15) is 38.3 Å². The monoisotopic (exact) mass is 180 g/mol. The minimum absolute atomic E-state index is 0.897. The average molecular weight is 180 g/mol. The van der Waals surface area contributed by atoms with Crippen LogP contribution in [0.4, 0.5) is 5.82 Å². The molecule has 2 nitrogen and oxygen atoms in total. The van der Waals surface area contributed by atoms with Gasteiger partial charge in [-0.05, 0) is 25.5 Å². The normalized spacial score (nSPS) is 10.6. The maximum absolute atomic E-state index is 5.82. The third kappa shape index (κ3) is 2.79. The van der Waals surface area contributed by atoms with E-state index in [4.69, 9.17) is 5.73 Å². The van der Waals surface area contributed by atoms with Crippen LogP contribution in [0.25, 0.3) is 0 Å². The molecule has 1 heterocycles. The quantitative estimate of drug-likeness (QED) is 0.694. The first-order valence-electron chi connectivity index (χ1n) is 5.17. The number of aromatic nitrogens is 1. The molecule has 13 heavy (non-hydrogen) atoms. The summed E-state index contributed by atoms with van der Waals surface area (Å²) in [6, 6.07) is 4.06. The van der Waals surface area contributed by atoms with Crippen molar-refractivity contribution in [2.45, 2.75) is 46.1 Å². The molecule has 0 aliphatic rings. The summed E-state index contributed by atoms with van der Waals surface area (Å²) in [6.45, 7) is 5.41. The number of nitrogen functional groups attached to an aromatic ring is 1. The van der Waals surface area contributed by atoms with Gasteiger partial charge in [-0.15, -0.1) is 0 Å². The summed E-state index contributed by atoms with van der Waals surface area (Å²) >= 11 is 0. The zero-order valence-corrected chi connectivity index (χ0v) is 8.71. The first-order valence-corrected chi connectivity index (χ1v) is 5.17. The lowest BCUT2D eigenvalue weighted by atomic mass is 10.2. The zero-order chi connectivity index (χ0) is 9.68. The Balaban J connectivity index is 2.36. The van der Waals surface area contributed by atoms with Gasteiger partial charge < -0.3 is 10.3 Å². The van der Waals surface area contributed by atoms with Crippen LogP contribution in [0.2, 0.25) is 0 Å². The predicted molar refractivity (Wildman–Crippen MR) is 57.7 cm³/mol. The molecule has 0 aliphatic heterocycles. The maximum atomic E-state index is 5.82. The van der Waals surface area contributed by atoms with E-state index < -0.39 is 0 Å². The lowest BCUT2D eigenvalue weighted by molar-refractivity contribution is 0.581. The molecule has 0 fully saturated rings. The molecule has 0 atom stereocenters. The molecular formula is C11H20N2. The molecule has 1 aromatic heterocycles. The lowest BCUT2D eigenvalue weighted by Crippen LogP contribution is -2.04. The highest BCUT2D eigenvalue weighted by Gasteiger charge is 1.99. The number of hydrogen-bond acceptors (Lipinski definition) is 1. The molecule has 0 radical (unpaired) electrons. The fourth-order valence-electron chi connectivity index (χ4n) is 1.59. The van der Waals surface area contributed by atoms with Crippen molar-refractivity contribution in [2.75, 3.05) is 5.73 Å². The van der Waals surface area contributed by atoms with E-state index in [2.05, 4.69) is 24.5 Å². The molecule has 2 N–H and O–H groups in total. The molecule has 74 valence electrons.